The van der Waals surface area contributed by atoms with Crippen molar-refractivity contribution in [3.05, 3.63) is 51.5 Å². The van der Waals surface area contributed by atoms with Crippen LogP contribution in [-0.4, -0.2) is 18.1 Å². The Hall–Kier alpha value is -1.45. The van der Waals surface area contributed by atoms with Gasteiger partial charge in [-0.3, -0.25) is 0 Å². The topological polar surface area (TPSA) is 42.1 Å². The van der Waals surface area contributed by atoms with Crippen LogP contribution in [0.2, 0.25) is 10.0 Å². The Balaban J connectivity index is 1.89. The first-order chi connectivity index (χ1) is 9.65. The van der Waals surface area contributed by atoms with Crippen LogP contribution in [0.5, 0.6) is 0 Å². The number of benzene rings is 1. The van der Waals surface area contributed by atoms with Gasteiger partial charge < -0.3 is 10.6 Å². The van der Waals surface area contributed by atoms with Crippen molar-refractivity contribution < 1.29 is 0 Å². The number of hydrogen-bond acceptors (Lipinski definition) is 3. The minimum absolute atomic E-state index is 0.327. The van der Waals surface area contributed by atoms with Crippen molar-refractivity contribution in [3.8, 4) is 0 Å². The number of pyridine rings is 1. The molecule has 0 atom stereocenters. The molecular formula is C15H15Cl2N3. The summed E-state index contributed by atoms with van der Waals surface area (Å²) in [5.74, 6) is 1.05. The van der Waals surface area contributed by atoms with Gasteiger partial charge in [0, 0.05) is 13.1 Å². The summed E-state index contributed by atoms with van der Waals surface area (Å²) < 4.78 is 0. The molecule has 0 unspecified atom stereocenters. The summed E-state index contributed by atoms with van der Waals surface area (Å²) in [5, 5.41) is 0.951. The molecule has 3 nitrogen and oxygen atoms in total. The normalized spacial score (nSPS) is 14.8. The van der Waals surface area contributed by atoms with Crippen LogP contribution in [0.1, 0.15) is 11.1 Å². The zero-order chi connectivity index (χ0) is 14.1. The summed E-state index contributed by atoms with van der Waals surface area (Å²) >= 11 is 12.2. The van der Waals surface area contributed by atoms with E-state index in [0.717, 1.165) is 31.7 Å². The Bertz CT molecular complexity index is 616. The Morgan fingerprint density at radius 1 is 1.00 bits per heavy atom. The highest BCUT2D eigenvalue weighted by Gasteiger charge is 2.18. The number of fused-ring (bicyclic) bond motifs is 1. The maximum Gasteiger partial charge on any atom is 0.149 e. The molecule has 104 valence electrons. The molecule has 1 aromatic carbocycles. The smallest absolute Gasteiger partial charge is 0.149 e. The van der Waals surface area contributed by atoms with E-state index in [-0.39, 0.29) is 0 Å². The van der Waals surface area contributed by atoms with Crippen molar-refractivity contribution in [2.75, 3.05) is 23.7 Å². The highest BCUT2D eigenvalue weighted by molar-refractivity contribution is 6.37. The molecule has 0 aliphatic carbocycles. The van der Waals surface area contributed by atoms with E-state index in [4.69, 9.17) is 28.9 Å². The molecule has 0 saturated heterocycles. The second kappa shape index (κ2) is 5.51. The first-order valence-electron chi connectivity index (χ1n) is 6.58. The molecule has 2 aromatic rings. The van der Waals surface area contributed by atoms with Crippen LogP contribution in [0.15, 0.2) is 30.3 Å². The number of halogens is 2. The monoisotopic (exact) mass is 307 g/mol. The fourth-order valence-electron chi connectivity index (χ4n) is 2.57. The van der Waals surface area contributed by atoms with E-state index in [0.29, 0.717) is 15.9 Å². The molecule has 1 aliphatic heterocycles. The number of anilines is 2. The van der Waals surface area contributed by atoms with E-state index in [1.54, 1.807) is 6.07 Å². The molecule has 0 amide bonds. The van der Waals surface area contributed by atoms with Crippen molar-refractivity contribution in [1.29, 1.82) is 0 Å². The lowest BCUT2D eigenvalue weighted by molar-refractivity contribution is 0.792. The van der Waals surface area contributed by atoms with Gasteiger partial charge in [0.2, 0.25) is 0 Å². The zero-order valence-corrected chi connectivity index (χ0v) is 12.5. The molecule has 2 heterocycles. The van der Waals surface area contributed by atoms with Crippen LogP contribution in [0.3, 0.4) is 0 Å². The van der Waals surface area contributed by atoms with Gasteiger partial charge in [0.25, 0.3) is 0 Å². The molecule has 2 N–H and O–H groups in total. The third-order valence-corrected chi connectivity index (χ3v) is 4.24. The molecule has 5 heteroatoms. The Kier molecular flexibility index (Phi) is 3.72. The molecule has 1 aliphatic rings. The van der Waals surface area contributed by atoms with Gasteiger partial charge in [0.05, 0.1) is 10.0 Å². The van der Waals surface area contributed by atoms with Gasteiger partial charge in [-0.25, -0.2) is 4.98 Å². The van der Waals surface area contributed by atoms with Gasteiger partial charge in [-0.1, -0.05) is 47.5 Å². The molecule has 0 bridgehead atoms. The minimum Gasteiger partial charge on any atom is -0.382 e. The van der Waals surface area contributed by atoms with Gasteiger partial charge in [-0.15, -0.1) is 0 Å². The second-order valence-corrected chi connectivity index (χ2v) is 5.73. The lowest BCUT2D eigenvalue weighted by Crippen LogP contribution is -2.27. The minimum atomic E-state index is 0.327. The van der Waals surface area contributed by atoms with Crippen molar-refractivity contribution in [3.63, 3.8) is 0 Å². The van der Waals surface area contributed by atoms with Gasteiger partial charge in [0.1, 0.15) is 11.6 Å². The van der Waals surface area contributed by atoms with E-state index in [1.165, 1.54) is 11.1 Å². The third kappa shape index (κ3) is 2.56. The molecule has 0 radical (unpaired) electrons. The van der Waals surface area contributed by atoms with Crippen LogP contribution >= 0.6 is 23.2 Å². The highest BCUT2D eigenvalue weighted by Crippen LogP contribution is 2.31. The summed E-state index contributed by atoms with van der Waals surface area (Å²) in [4.78, 5) is 6.52. The molecule has 0 saturated carbocycles. The van der Waals surface area contributed by atoms with Gasteiger partial charge >= 0.3 is 0 Å². The average Bonchev–Trinajstić information content (AvgIpc) is 2.65. The first kappa shape index (κ1) is 13.5. The van der Waals surface area contributed by atoms with Crippen LogP contribution in [0.4, 0.5) is 11.6 Å². The summed E-state index contributed by atoms with van der Waals surface area (Å²) in [6.45, 7) is 1.76. The van der Waals surface area contributed by atoms with Crippen molar-refractivity contribution in [2.45, 2.75) is 12.8 Å². The molecule has 3 rings (SSSR count). The van der Waals surface area contributed by atoms with Crippen molar-refractivity contribution in [1.82, 2.24) is 4.98 Å². The Morgan fingerprint density at radius 2 is 1.60 bits per heavy atom. The second-order valence-electron chi connectivity index (χ2n) is 4.92. The van der Waals surface area contributed by atoms with E-state index in [9.17, 15) is 0 Å². The van der Waals surface area contributed by atoms with E-state index in [2.05, 4.69) is 34.1 Å². The van der Waals surface area contributed by atoms with Crippen LogP contribution in [-0.2, 0) is 12.8 Å². The number of aromatic nitrogens is 1. The summed E-state index contributed by atoms with van der Waals surface area (Å²) in [6, 6.07) is 10.2. The molecule has 20 heavy (non-hydrogen) atoms. The zero-order valence-electron chi connectivity index (χ0n) is 10.9. The van der Waals surface area contributed by atoms with E-state index < -0.39 is 0 Å². The summed E-state index contributed by atoms with van der Waals surface area (Å²) in [6.07, 6.45) is 1.97. The standard InChI is InChI=1S/C15H15Cl2N3/c16-12-9-13(17)15(19-14(12)18)20-7-5-10-3-1-2-4-11(10)6-8-20/h1-4,9H,5-8H2,(H2,18,19). The molecular weight excluding hydrogens is 293 g/mol. The van der Waals surface area contributed by atoms with Crippen LogP contribution in [0, 0.1) is 0 Å². The lowest BCUT2D eigenvalue weighted by atomic mass is 10.0. The van der Waals surface area contributed by atoms with Gasteiger partial charge in [-0.2, -0.15) is 0 Å². The van der Waals surface area contributed by atoms with Crippen LogP contribution < -0.4 is 10.6 Å². The lowest BCUT2D eigenvalue weighted by Gasteiger charge is -2.23. The maximum absolute atomic E-state index is 6.26. The predicted molar refractivity (Wildman–Crippen MR) is 84.7 cm³/mol. The van der Waals surface area contributed by atoms with Crippen LogP contribution in [0.25, 0.3) is 0 Å². The van der Waals surface area contributed by atoms with Crippen molar-refractivity contribution >= 4 is 34.8 Å². The summed E-state index contributed by atoms with van der Waals surface area (Å²) in [5.41, 5.74) is 8.58. The molecule has 0 fully saturated rings. The van der Waals surface area contributed by atoms with Crippen molar-refractivity contribution in [2.24, 2.45) is 0 Å². The number of nitrogens with zero attached hydrogens (tertiary/aromatic N) is 2. The summed E-state index contributed by atoms with van der Waals surface area (Å²) in [7, 11) is 0. The van der Waals surface area contributed by atoms with E-state index >= 15 is 0 Å². The molecule has 0 spiro atoms. The quantitative estimate of drug-likeness (QED) is 0.875. The highest BCUT2D eigenvalue weighted by atomic mass is 35.5. The Labute approximate surface area is 128 Å². The number of hydrogen-bond donors (Lipinski definition) is 1. The number of nitrogen functional groups attached to an aromatic ring is 1. The third-order valence-electron chi connectivity index (χ3n) is 3.66. The predicted octanol–water partition coefficient (Wildman–Crippen LogP) is 3.58. The maximum atomic E-state index is 6.26. The SMILES string of the molecule is Nc1nc(N2CCc3ccccc3CC2)c(Cl)cc1Cl. The molecule has 1 aromatic heterocycles. The van der Waals surface area contributed by atoms with Gasteiger partial charge in [-0.05, 0) is 30.0 Å². The fraction of sp³-hybridized carbons (Fsp3) is 0.267. The van der Waals surface area contributed by atoms with Gasteiger partial charge in [0.15, 0.2) is 0 Å². The largest absolute Gasteiger partial charge is 0.382 e. The first-order valence-corrected chi connectivity index (χ1v) is 7.34. The van der Waals surface area contributed by atoms with E-state index in [1.807, 2.05) is 0 Å². The fourth-order valence-corrected chi connectivity index (χ4v) is 3.05. The number of rotatable bonds is 1. The Morgan fingerprint density at radius 3 is 2.20 bits per heavy atom. The number of nitrogens with two attached hydrogens (primary N) is 1. The average molecular weight is 308 g/mol.